The quantitative estimate of drug-likeness (QED) is 0.538. The molecule has 1 atom stereocenters. The number of hydrogen-bond donors (Lipinski definition) is 2. The van der Waals surface area contributed by atoms with Gasteiger partial charge in [-0.05, 0) is 13.8 Å². The molecule has 0 saturated heterocycles. The van der Waals surface area contributed by atoms with Gasteiger partial charge in [-0.3, -0.25) is 4.79 Å². The Hall–Kier alpha value is -1.23. The largest absolute Gasteiger partial charge is 0.394 e. The number of nitrogens with one attached hydrogen (secondary N) is 1. The molecule has 4 nitrogen and oxygen atoms in total. The van der Waals surface area contributed by atoms with Crippen molar-refractivity contribution in [2.75, 3.05) is 26.4 Å². The van der Waals surface area contributed by atoms with Crippen LogP contribution in [0.4, 0.5) is 0 Å². The molecule has 0 radical (unpaired) electrons. The standard InChI is InChI=1S/C14H21NO3/c1-11-3-5-13(6-4-11)14(17)12(2)15-7-9-18-10-8-16/h3-6,12,15-16H,7-10H2,1-2H3. The minimum Gasteiger partial charge on any atom is -0.394 e. The highest BCUT2D eigenvalue weighted by atomic mass is 16.5. The average molecular weight is 251 g/mol. The highest BCUT2D eigenvalue weighted by Crippen LogP contribution is 2.06. The Labute approximate surface area is 108 Å². The van der Waals surface area contributed by atoms with Crippen LogP contribution in [0.3, 0.4) is 0 Å². The molecule has 2 N–H and O–H groups in total. The predicted molar refractivity (Wildman–Crippen MR) is 70.9 cm³/mol. The van der Waals surface area contributed by atoms with Crippen LogP contribution in [0.5, 0.6) is 0 Å². The van der Waals surface area contributed by atoms with Gasteiger partial charge in [-0.2, -0.15) is 0 Å². The molecule has 0 bridgehead atoms. The van der Waals surface area contributed by atoms with Crippen molar-refractivity contribution in [3.63, 3.8) is 0 Å². The number of hydrogen-bond acceptors (Lipinski definition) is 4. The third-order valence-corrected chi connectivity index (χ3v) is 2.66. The zero-order valence-corrected chi connectivity index (χ0v) is 11.0. The Bertz CT molecular complexity index is 362. The van der Waals surface area contributed by atoms with E-state index in [1.54, 1.807) is 0 Å². The van der Waals surface area contributed by atoms with Gasteiger partial charge in [-0.15, -0.1) is 0 Å². The molecule has 1 unspecified atom stereocenters. The van der Waals surface area contributed by atoms with Crippen LogP contribution in [0.15, 0.2) is 24.3 Å². The van der Waals surface area contributed by atoms with E-state index in [9.17, 15) is 4.79 Å². The van der Waals surface area contributed by atoms with E-state index in [1.165, 1.54) is 0 Å². The van der Waals surface area contributed by atoms with Crippen molar-refractivity contribution in [1.29, 1.82) is 0 Å². The zero-order valence-electron chi connectivity index (χ0n) is 11.0. The summed E-state index contributed by atoms with van der Waals surface area (Å²) in [7, 11) is 0. The summed E-state index contributed by atoms with van der Waals surface area (Å²) >= 11 is 0. The molecule has 4 heteroatoms. The molecule has 0 heterocycles. The third kappa shape index (κ3) is 4.96. The summed E-state index contributed by atoms with van der Waals surface area (Å²) < 4.78 is 5.11. The first-order chi connectivity index (χ1) is 8.65. The maximum Gasteiger partial charge on any atom is 0.179 e. The second kappa shape index (κ2) is 7.97. The molecule has 100 valence electrons. The Morgan fingerprint density at radius 3 is 2.61 bits per heavy atom. The number of carbonyl (C=O) groups is 1. The summed E-state index contributed by atoms with van der Waals surface area (Å²) in [5.74, 6) is 0.0807. The van der Waals surface area contributed by atoms with Gasteiger partial charge in [-0.1, -0.05) is 29.8 Å². The zero-order chi connectivity index (χ0) is 13.4. The van der Waals surface area contributed by atoms with Gasteiger partial charge in [0.05, 0.1) is 25.9 Å². The topological polar surface area (TPSA) is 58.6 Å². The smallest absolute Gasteiger partial charge is 0.179 e. The van der Waals surface area contributed by atoms with E-state index in [0.717, 1.165) is 11.1 Å². The monoisotopic (exact) mass is 251 g/mol. The Morgan fingerprint density at radius 2 is 2.00 bits per heavy atom. The number of ether oxygens (including phenoxy) is 1. The number of aryl methyl sites for hydroxylation is 1. The lowest BCUT2D eigenvalue weighted by Gasteiger charge is -2.13. The molecular formula is C14H21NO3. The van der Waals surface area contributed by atoms with Crippen molar-refractivity contribution in [3.8, 4) is 0 Å². The molecule has 0 aliphatic carbocycles. The molecule has 0 aliphatic rings. The Balaban J connectivity index is 2.34. The van der Waals surface area contributed by atoms with Gasteiger partial charge in [0.1, 0.15) is 0 Å². The molecular weight excluding hydrogens is 230 g/mol. The van der Waals surface area contributed by atoms with Crippen LogP contribution in [-0.2, 0) is 4.74 Å². The van der Waals surface area contributed by atoms with E-state index in [2.05, 4.69) is 5.32 Å². The van der Waals surface area contributed by atoms with Crippen LogP contribution in [0.2, 0.25) is 0 Å². The van der Waals surface area contributed by atoms with Crippen LogP contribution >= 0.6 is 0 Å². The first kappa shape index (κ1) is 14.8. The lowest BCUT2D eigenvalue weighted by Crippen LogP contribution is -2.36. The number of rotatable bonds is 8. The average Bonchev–Trinajstić information content (AvgIpc) is 2.38. The maximum absolute atomic E-state index is 12.0. The number of ketones is 1. The van der Waals surface area contributed by atoms with Crippen LogP contribution in [0.25, 0.3) is 0 Å². The lowest BCUT2D eigenvalue weighted by molar-refractivity contribution is 0.0870. The normalized spacial score (nSPS) is 12.4. The molecule has 0 aliphatic heterocycles. The Morgan fingerprint density at radius 1 is 1.33 bits per heavy atom. The van der Waals surface area contributed by atoms with Crippen molar-refractivity contribution in [3.05, 3.63) is 35.4 Å². The maximum atomic E-state index is 12.0. The first-order valence-electron chi connectivity index (χ1n) is 6.18. The van der Waals surface area contributed by atoms with Gasteiger partial charge in [0.2, 0.25) is 0 Å². The molecule has 1 rings (SSSR count). The minimum atomic E-state index is -0.231. The predicted octanol–water partition coefficient (Wildman–Crippen LogP) is 1.16. The molecule has 18 heavy (non-hydrogen) atoms. The van der Waals surface area contributed by atoms with Gasteiger partial charge >= 0.3 is 0 Å². The molecule has 0 aromatic heterocycles. The van der Waals surface area contributed by atoms with Crippen LogP contribution in [-0.4, -0.2) is 43.3 Å². The van der Waals surface area contributed by atoms with Crippen molar-refractivity contribution in [1.82, 2.24) is 5.32 Å². The second-order valence-corrected chi connectivity index (χ2v) is 4.24. The van der Waals surface area contributed by atoms with Gasteiger partial charge in [0.15, 0.2) is 5.78 Å². The highest BCUT2D eigenvalue weighted by molar-refractivity contribution is 5.99. The number of carbonyl (C=O) groups excluding carboxylic acids is 1. The highest BCUT2D eigenvalue weighted by Gasteiger charge is 2.13. The summed E-state index contributed by atoms with van der Waals surface area (Å²) in [6.07, 6.45) is 0. The summed E-state index contributed by atoms with van der Waals surface area (Å²) in [5, 5.41) is 11.6. The van der Waals surface area contributed by atoms with Gasteiger partial charge < -0.3 is 15.2 Å². The lowest BCUT2D eigenvalue weighted by atomic mass is 10.0. The third-order valence-electron chi connectivity index (χ3n) is 2.66. The number of benzene rings is 1. The van der Waals surface area contributed by atoms with Crippen LogP contribution < -0.4 is 5.32 Å². The van der Waals surface area contributed by atoms with Gasteiger partial charge in [0, 0.05) is 12.1 Å². The van der Waals surface area contributed by atoms with Crippen LogP contribution in [0.1, 0.15) is 22.8 Å². The summed E-state index contributed by atoms with van der Waals surface area (Å²) in [5.41, 5.74) is 1.86. The SMILES string of the molecule is Cc1ccc(C(=O)C(C)NCCOCCO)cc1. The molecule has 1 aromatic carbocycles. The van der Waals surface area contributed by atoms with E-state index < -0.39 is 0 Å². The van der Waals surface area contributed by atoms with Crippen molar-refractivity contribution in [2.24, 2.45) is 0 Å². The van der Waals surface area contributed by atoms with E-state index in [-0.39, 0.29) is 18.4 Å². The summed E-state index contributed by atoms with van der Waals surface area (Å²) in [6, 6.07) is 7.33. The van der Waals surface area contributed by atoms with Crippen molar-refractivity contribution >= 4 is 5.78 Å². The molecule has 1 aromatic rings. The van der Waals surface area contributed by atoms with Crippen molar-refractivity contribution < 1.29 is 14.6 Å². The first-order valence-corrected chi connectivity index (χ1v) is 6.18. The molecule has 0 spiro atoms. The number of aliphatic hydroxyl groups excluding tert-OH is 1. The molecule has 0 saturated carbocycles. The number of aliphatic hydroxyl groups is 1. The van der Waals surface area contributed by atoms with E-state index in [1.807, 2.05) is 38.1 Å². The van der Waals surface area contributed by atoms with Crippen molar-refractivity contribution in [2.45, 2.75) is 19.9 Å². The fraction of sp³-hybridized carbons (Fsp3) is 0.500. The fourth-order valence-electron chi connectivity index (χ4n) is 1.57. The minimum absolute atomic E-state index is 0.0256. The summed E-state index contributed by atoms with van der Waals surface area (Å²) in [6.45, 7) is 5.29. The molecule has 0 fully saturated rings. The van der Waals surface area contributed by atoms with Crippen LogP contribution in [0, 0.1) is 6.92 Å². The number of Topliss-reactive ketones (excluding diaryl/α,β-unsaturated/α-hetero) is 1. The van der Waals surface area contributed by atoms with E-state index >= 15 is 0 Å². The fourth-order valence-corrected chi connectivity index (χ4v) is 1.57. The van der Waals surface area contributed by atoms with Gasteiger partial charge in [0.25, 0.3) is 0 Å². The molecule has 0 amide bonds. The Kier molecular flexibility index (Phi) is 6.57. The van der Waals surface area contributed by atoms with E-state index in [4.69, 9.17) is 9.84 Å². The van der Waals surface area contributed by atoms with Gasteiger partial charge in [-0.25, -0.2) is 0 Å². The van der Waals surface area contributed by atoms with E-state index in [0.29, 0.717) is 19.8 Å². The second-order valence-electron chi connectivity index (χ2n) is 4.24. The summed E-state index contributed by atoms with van der Waals surface area (Å²) in [4.78, 5) is 12.0.